The van der Waals surface area contributed by atoms with Gasteiger partial charge >= 0.3 is 6.18 Å². The molecule has 5 heteroatoms. The van der Waals surface area contributed by atoms with Crippen molar-refractivity contribution in [3.05, 3.63) is 0 Å². The molecule has 0 radical (unpaired) electrons. The summed E-state index contributed by atoms with van der Waals surface area (Å²) in [5, 5.41) is 0. The minimum absolute atomic E-state index is 0.394. The van der Waals surface area contributed by atoms with Crippen LogP contribution in [0.2, 0.25) is 0 Å². The number of hydrogen-bond donors (Lipinski definition) is 1. The zero-order valence-corrected chi connectivity index (χ0v) is 7.35. The average molecular weight is 185 g/mol. The number of rotatable bonds is 3. The van der Waals surface area contributed by atoms with E-state index in [1.54, 1.807) is 6.92 Å². The van der Waals surface area contributed by atoms with Crippen LogP contribution in [0.3, 0.4) is 0 Å². The van der Waals surface area contributed by atoms with Crippen molar-refractivity contribution in [2.24, 2.45) is 5.73 Å². The molecule has 2 nitrogen and oxygen atoms in total. The van der Waals surface area contributed by atoms with Crippen molar-refractivity contribution in [2.45, 2.75) is 45.2 Å². The van der Waals surface area contributed by atoms with E-state index in [0.29, 0.717) is 0 Å². The van der Waals surface area contributed by atoms with Crippen molar-refractivity contribution in [3.63, 3.8) is 0 Å². The highest BCUT2D eigenvalue weighted by atomic mass is 19.4. The highest BCUT2D eigenvalue weighted by molar-refractivity contribution is 4.68. The zero-order chi connectivity index (χ0) is 9.94. The first kappa shape index (κ1) is 11.7. The Morgan fingerprint density at radius 1 is 1.17 bits per heavy atom. The predicted octanol–water partition coefficient (Wildman–Crippen LogP) is 1.69. The molecule has 0 saturated carbocycles. The van der Waals surface area contributed by atoms with E-state index in [-0.39, 0.29) is 0 Å². The van der Waals surface area contributed by atoms with Gasteiger partial charge in [-0.3, -0.25) is 0 Å². The fraction of sp³-hybridized carbons (Fsp3) is 1.00. The highest BCUT2D eigenvalue weighted by Gasteiger charge is 2.38. The molecule has 0 aliphatic heterocycles. The molecule has 0 heterocycles. The van der Waals surface area contributed by atoms with Crippen LogP contribution in [0.5, 0.6) is 0 Å². The van der Waals surface area contributed by atoms with Gasteiger partial charge in [0.25, 0.3) is 0 Å². The first-order valence-electron chi connectivity index (χ1n) is 3.73. The van der Waals surface area contributed by atoms with Gasteiger partial charge in [0, 0.05) is 6.04 Å². The van der Waals surface area contributed by atoms with Crippen LogP contribution in [-0.4, -0.2) is 24.4 Å². The second-order valence-electron chi connectivity index (χ2n) is 2.88. The van der Waals surface area contributed by atoms with Crippen LogP contribution in [0.4, 0.5) is 13.2 Å². The maximum absolute atomic E-state index is 11.9. The molecule has 12 heavy (non-hydrogen) atoms. The van der Waals surface area contributed by atoms with Crippen LogP contribution in [0.1, 0.15) is 20.8 Å². The summed E-state index contributed by atoms with van der Waals surface area (Å²) in [6.07, 6.45) is -6.64. The maximum Gasteiger partial charge on any atom is 0.414 e. The second kappa shape index (κ2) is 4.09. The number of alkyl halides is 3. The normalized spacial score (nSPS) is 20.2. The molecule has 0 aromatic carbocycles. The van der Waals surface area contributed by atoms with Gasteiger partial charge in [-0.25, -0.2) is 0 Å². The van der Waals surface area contributed by atoms with Gasteiger partial charge in [-0.2, -0.15) is 13.2 Å². The van der Waals surface area contributed by atoms with Crippen LogP contribution in [0, 0.1) is 0 Å². The topological polar surface area (TPSA) is 35.2 Å². The van der Waals surface area contributed by atoms with Crippen LogP contribution < -0.4 is 5.73 Å². The van der Waals surface area contributed by atoms with Crippen molar-refractivity contribution in [1.82, 2.24) is 0 Å². The van der Waals surface area contributed by atoms with E-state index in [0.717, 1.165) is 6.92 Å². The Balaban J connectivity index is 3.93. The van der Waals surface area contributed by atoms with Gasteiger partial charge in [-0.15, -0.1) is 0 Å². The minimum Gasteiger partial charge on any atom is -0.365 e. The third-order valence-corrected chi connectivity index (χ3v) is 1.62. The van der Waals surface area contributed by atoms with Crippen molar-refractivity contribution in [2.75, 3.05) is 0 Å². The molecule has 2 N–H and O–H groups in total. The molecular formula is C7H14F3NO. The number of nitrogens with two attached hydrogens (primary N) is 1. The minimum atomic E-state index is -4.30. The van der Waals surface area contributed by atoms with Gasteiger partial charge in [0.15, 0.2) is 6.10 Å². The Bertz CT molecular complexity index is 135. The van der Waals surface area contributed by atoms with Crippen molar-refractivity contribution in [3.8, 4) is 0 Å². The lowest BCUT2D eigenvalue weighted by molar-refractivity contribution is -0.226. The molecule has 3 atom stereocenters. The molecule has 0 saturated heterocycles. The van der Waals surface area contributed by atoms with E-state index in [2.05, 4.69) is 4.74 Å². The Morgan fingerprint density at radius 2 is 1.58 bits per heavy atom. The summed E-state index contributed by atoms with van der Waals surface area (Å²) in [5.41, 5.74) is 5.34. The summed E-state index contributed by atoms with van der Waals surface area (Å²) >= 11 is 0. The fourth-order valence-corrected chi connectivity index (χ4v) is 0.523. The molecule has 0 bridgehead atoms. The number of ether oxygens (including phenoxy) is 1. The quantitative estimate of drug-likeness (QED) is 0.726. The Kier molecular flexibility index (Phi) is 3.99. The molecule has 74 valence electrons. The lowest BCUT2D eigenvalue weighted by Gasteiger charge is -2.23. The molecular weight excluding hydrogens is 171 g/mol. The van der Waals surface area contributed by atoms with Gasteiger partial charge in [0.05, 0.1) is 6.10 Å². The summed E-state index contributed by atoms with van der Waals surface area (Å²) in [4.78, 5) is 0. The summed E-state index contributed by atoms with van der Waals surface area (Å²) in [6, 6.07) is -0.394. The van der Waals surface area contributed by atoms with Crippen LogP contribution in [-0.2, 0) is 4.74 Å². The van der Waals surface area contributed by atoms with Gasteiger partial charge in [0.2, 0.25) is 0 Å². The second-order valence-corrected chi connectivity index (χ2v) is 2.88. The van der Waals surface area contributed by atoms with Crippen molar-refractivity contribution < 1.29 is 17.9 Å². The van der Waals surface area contributed by atoms with Gasteiger partial charge < -0.3 is 10.5 Å². The SMILES string of the molecule is CC(OC(C)C(F)(F)F)[C@H](C)N. The smallest absolute Gasteiger partial charge is 0.365 e. The number of hydrogen-bond acceptors (Lipinski definition) is 2. The van der Waals surface area contributed by atoms with Crippen molar-refractivity contribution >= 4 is 0 Å². The molecule has 0 aromatic heterocycles. The summed E-state index contributed by atoms with van der Waals surface area (Å²) in [7, 11) is 0. The first-order valence-corrected chi connectivity index (χ1v) is 3.73. The third kappa shape index (κ3) is 3.92. The summed E-state index contributed by atoms with van der Waals surface area (Å²) < 4.78 is 40.3. The van der Waals surface area contributed by atoms with Gasteiger partial charge in [-0.05, 0) is 20.8 Å². The van der Waals surface area contributed by atoms with E-state index in [1.165, 1.54) is 6.92 Å². The van der Waals surface area contributed by atoms with Gasteiger partial charge in [0.1, 0.15) is 0 Å². The Morgan fingerprint density at radius 3 is 1.83 bits per heavy atom. The van der Waals surface area contributed by atoms with E-state index >= 15 is 0 Å². The van der Waals surface area contributed by atoms with E-state index in [9.17, 15) is 13.2 Å². The highest BCUT2D eigenvalue weighted by Crippen LogP contribution is 2.23. The zero-order valence-electron chi connectivity index (χ0n) is 7.35. The van der Waals surface area contributed by atoms with Crippen LogP contribution >= 0.6 is 0 Å². The molecule has 0 amide bonds. The standard InChI is InChI=1S/C7H14F3NO/c1-4(11)5(2)12-6(3)7(8,9)10/h4-6H,11H2,1-3H3/t4-,5?,6?/m0/s1. The van der Waals surface area contributed by atoms with Crippen LogP contribution in [0.25, 0.3) is 0 Å². The number of halogens is 3. The third-order valence-electron chi connectivity index (χ3n) is 1.62. The average Bonchev–Trinajstić information content (AvgIpc) is 1.85. The molecule has 0 aliphatic carbocycles. The molecule has 0 fully saturated rings. The molecule has 2 unspecified atom stereocenters. The van der Waals surface area contributed by atoms with E-state index in [1.807, 2.05) is 0 Å². The molecule has 0 rings (SSSR count). The molecule has 0 aliphatic rings. The molecule has 0 spiro atoms. The fourth-order valence-electron chi connectivity index (χ4n) is 0.523. The summed E-state index contributed by atoms with van der Waals surface area (Å²) in [5.74, 6) is 0. The monoisotopic (exact) mass is 185 g/mol. The van der Waals surface area contributed by atoms with E-state index in [4.69, 9.17) is 5.73 Å². The van der Waals surface area contributed by atoms with Gasteiger partial charge in [-0.1, -0.05) is 0 Å². The van der Waals surface area contributed by atoms with E-state index < -0.39 is 24.4 Å². The predicted molar refractivity (Wildman–Crippen MR) is 39.7 cm³/mol. The maximum atomic E-state index is 11.9. The lowest BCUT2D eigenvalue weighted by Crippen LogP contribution is -2.39. The summed E-state index contributed by atoms with van der Waals surface area (Å²) in [6.45, 7) is 4.10. The molecule has 0 aromatic rings. The van der Waals surface area contributed by atoms with Crippen LogP contribution in [0.15, 0.2) is 0 Å². The first-order chi connectivity index (χ1) is 5.25. The lowest BCUT2D eigenvalue weighted by atomic mass is 10.2. The Labute approximate surface area is 69.9 Å². The van der Waals surface area contributed by atoms with Crippen molar-refractivity contribution in [1.29, 1.82) is 0 Å². The largest absolute Gasteiger partial charge is 0.414 e. The Hall–Kier alpha value is -0.290.